The molecule has 0 spiro atoms. The summed E-state index contributed by atoms with van der Waals surface area (Å²) in [6.45, 7) is 3.98. The van der Waals surface area contributed by atoms with Crippen molar-refractivity contribution < 1.29 is 19.1 Å². The van der Waals surface area contributed by atoms with E-state index in [9.17, 15) is 9.59 Å². The third-order valence-corrected chi connectivity index (χ3v) is 3.85. The van der Waals surface area contributed by atoms with Crippen LogP contribution in [-0.4, -0.2) is 25.1 Å². The van der Waals surface area contributed by atoms with Crippen molar-refractivity contribution in [3.63, 3.8) is 0 Å². The average molecular weight is 341 g/mol. The number of hydrogen-bond donors (Lipinski definition) is 1. The standard InChI is InChI=1S/C20H23NO4/c1-4-14-6-12-17(13-7-14)25-18(5-2)19(22)21-16-10-8-15(9-11-16)20(23)24-3/h6-13,18H,4-5H2,1-3H3,(H,21,22). The van der Waals surface area contributed by atoms with Gasteiger partial charge in [-0.2, -0.15) is 0 Å². The Labute approximate surface area is 148 Å². The molecular weight excluding hydrogens is 318 g/mol. The summed E-state index contributed by atoms with van der Waals surface area (Å²) in [7, 11) is 1.33. The Kier molecular flexibility index (Phi) is 6.57. The quantitative estimate of drug-likeness (QED) is 0.777. The lowest BCUT2D eigenvalue weighted by Gasteiger charge is -2.17. The molecule has 25 heavy (non-hydrogen) atoms. The lowest BCUT2D eigenvalue weighted by Crippen LogP contribution is -2.32. The maximum Gasteiger partial charge on any atom is 0.337 e. The average Bonchev–Trinajstić information content (AvgIpc) is 2.66. The molecule has 132 valence electrons. The molecule has 0 heterocycles. The smallest absolute Gasteiger partial charge is 0.337 e. The number of nitrogens with one attached hydrogen (secondary N) is 1. The first-order chi connectivity index (χ1) is 12.1. The minimum absolute atomic E-state index is 0.229. The van der Waals surface area contributed by atoms with Crippen LogP contribution in [0.1, 0.15) is 36.2 Å². The lowest BCUT2D eigenvalue weighted by atomic mass is 10.1. The van der Waals surface area contributed by atoms with E-state index in [1.54, 1.807) is 24.3 Å². The van der Waals surface area contributed by atoms with Crippen molar-refractivity contribution in [2.24, 2.45) is 0 Å². The summed E-state index contributed by atoms with van der Waals surface area (Å²) in [6, 6.07) is 14.3. The van der Waals surface area contributed by atoms with E-state index in [-0.39, 0.29) is 5.91 Å². The number of amides is 1. The SMILES string of the molecule is CCc1ccc(OC(CC)C(=O)Nc2ccc(C(=O)OC)cc2)cc1. The van der Waals surface area contributed by atoms with E-state index in [1.807, 2.05) is 31.2 Å². The van der Waals surface area contributed by atoms with Crippen LogP contribution in [-0.2, 0) is 16.0 Å². The van der Waals surface area contributed by atoms with Gasteiger partial charge in [0.1, 0.15) is 5.75 Å². The molecule has 1 N–H and O–H groups in total. The number of benzene rings is 2. The van der Waals surface area contributed by atoms with Gasteiger partial charge in [-0.25, -0.2) is 4.79 Å². The third kappa shape index (κ3) is 5.08. The van der Waals surface area contributed by atoms with Crippen molar-refractivity contribution in [1.29, 1.82) is 0 Å². The fourth-order valence-electron chi connectivity index (χ4n) is 2.32. The van der Waals surface area contributed by atoms with Crippen LogP contribution in [0.5, 0.6) is 5.75 Å². The minimum Gasteiger partial charge on any atom is -0.481 e. The van der Waals surface area contributed by atoms with Gasteiger partial charge in [0.15, 0.2) is 6.10 Å². The molecule has 2 aromatic rings. The number of methoxy groups -OCH3 is 1. The summed E-state index contributed by atoms with van der Waals surface area (Å²) in [5, 5.41) is 2.80. The fraction of sp³-hybridized carbons (Fsp3) is 0.300. The van der Waals surface area contributed by atoms with Crippen molar-refractivity contribution in [3.8, 4) is 5.75 Å². The van der Waals surface area contributed by atoms with Crippen molar-refractivity contribution in [3.05, 3.63) is 59.7 Å². The first-order valence-electron chi connectivity index (χ1n) is 8.32. The number of esters is 1. The third-order valence-electron chi connectivity index (χ3n) is 3.85. The van der Waals surface area contributed by atoms with Gasteiger partial charge < -0.3 is 14.8 Å². The van der Waals surface area contributed by atoms with E-state index in [4.69, 9.17) is 4.74 Å². The van der Waals surface area contributed by atoms with Crippen molar-refractivity contribution in [1.82, 2.24) is 0 Å². The Balaban J connectivity index is 2.00. The predicted molar refractivity (Wildman–Crippen MR) is 96.9 cm³/mol. The Morgan fingerprint density at radius 3 is 2.16 bits per heavy atom. The zero-order valence-corrected chi connectivity index (χ0v) is 14.7. The molecule has 5 nitrogen and oxygen atoms in total. The van der Waals surface area contributed by atoms with E-state index < -0.39 is 12.1 Å². The number of ether oxygens (including phenoxy) is 2. The van der Waals surface area contributed by atoms with Crippen molar-refractivity contribution >= 4 is 17.6 Å². The van der Waals surface area contributed by atoms with E-state index in [1.165, 1.54) is 12.7 Å². The number of carbonyl (C=O) groups is 2. The van der Waals surface area contributed by atoms with Crippen molar-refractivity contribution in [2.75, 3.05) is 12.4 Å². The number of anilines is 1. The Hall–Kier alpha value is -2.82. The van der Waals surface area contributed by atoms with Gasteiger partial charge in [-0.15, -0.1) is 0 Å². The summed E-state index contributed by atoms with van der Waals surface area (Å²) < 4.78 is 10.4. The van der Waals surface area contributed by atoms with Crippen LogP contribution in [0.3, 0.4) is 0 Å². The second-order valence-electron chi connectivity index (χ2n) is 5.57. The molecule has 5 heteroatoms. The van der Waals surface area contributed by atoms with Gasteiger partial charge in [0.2, 0.25) is 0 Å². The summed E-state index contributed by atoms with van der Waals surface area (Å²) in [4.78, 5) is 23.8. The molecule has 0 saturated heterocycles. The zero-order chi connectivity index (χ0) is 18.2. The van der Waals surface area contributed by atoms with E-state index >= 15 is 0 Å². The summed E-state index contributed by atoms with van der Waals surface area (Å²) in [6.07, 6.45) is 0.911. The Morgan fingerprint density at radius 1 is 1.00 bits per heavy atom. The van der Waals surface area contributed by atoms with Gasteiger partial charge in [0, 0.05) is 5.69 Å². The van der Waals surface area contributed by atoms with Gasteiger partial charge in [-0.1, -0.05) is 26.0 Å². The van der Waals surface area contributed by atoms with Gasteiger partial charge in [0.05, 0.1) is 12.7 Å². The molecule has 1 amide bonds. The molecule has 0 fully saturated rings. The van der Waals surface area contributed by atoms with Gasteiger partial charge in [-0.05, 0) is 54.8 Å². The number of carbonyl (C=O) groups excluding carboxylic acids is 2. The second kappa shape index (κ2) is 8.87. The van der Waals surface area contributed by atoms with Crippen LogP contribution >= 0.6 is 0 Å². The highest BCUT2D eigenvalue weighted by Crippen LogP contribution is 2.17. The van der Waals surface area contributed by atoms with Crippen LogP contribution in [0.25, 0.3) is 0 Å². The topological polar surface area (TPSA) is 64.6 Å². The summed E-state index contributed by atoms with van der Waals surface area (Å²) >= 11 is 0. The Bertz CT molecular complexity index is 707. The van der Waals surface area contributed by atoms with E-state index in [0.29, 0.717) is 23.4 Å². The lowest BCUT2D eigenvalue weighted by molar-refractivity contribution is -0.122. The summed E-state index contributed by atoms with van der Waals surface area (Å²) in [5.41, 5.74) is 2.25. The molecule has 2 aromatic carbocycles. The molecule has 1 atom stereocenters. The second-order valence-corrected chi connectivity index (χ2v) is 5.57. The van der Waals surface area contributed by atoms with Gasteiger partial charge >= 0.3 is 5.97 Å². The van der Waals surface area contributed by atoms with Crippen LogP contribution in [0.15, 0.2) is 48.5 Å². The minimum atomic E-state index is -0.590. The molecule has 0 radical (unpaired) electrons. The molecular formula is C20H23NO4. The van der Waals surface area contributed by atoms with E-state index in [2.05, 4.69) is 17.0 Å². The molecule has 0 aliphatic rings. The molecule has 2 rings (SSSR count). The number of hydrogen-bond acceptors (Lipinski definition) is 4. The number of aryl methyl sites for hydroxylation is 1. The first-order valence-corrected chi connectivity index (χ1v) is 8.32. The highest BCUT2D eigenvalue weighted by atomic mass is 16.5. The highest BCUT2D eigenvalue weighted by molar-refractivity contribution is 5.95. The van der Waals surface area contributed by atoms with Crippen molar-refractivity contribution in [2.45, 2.75) is 32.8 Å². The molecule has 0 bridgehead atoms. The Morgan fingerprint density at radius 2 is 1.64 bits per heavy atom. The molecule has 0 aliphatic carbocycles. The highest BCUT2D eigenvalue weighted by Gasteiger charge is 2.18. The number of rotatable bonds is 7. The summed E-state index contributed by atoms with van der Waals surface area (Å²) in [5.74, 6) is 0.0243. The van der Waals surface area contributed by atoms with Crippen LogP contribution < -0.4 is 10.1 Å². The van der Waals surface area contributed by atoms with Crippen LogP contribution in [0.2, 0.25) is 0 Å². The largest absolute Gasteiger partial charge is 0.481 e. The van der Waals surface area contributed by atoms with Gasteiger partial charge in [-0.3, -0.25) is 4.79 Å². The maximum atomic E-state index is 12.4. The normalized spacial score (nSPS) is 11.5. The first kappa shape index (κ1) is 18.5. The van der Waals surface area contributed by atoms with Crippen LogP contribution in [0.4, 0.5) is 5.69 Å². The van der Waals surface area contributed by atoms with E-state index in [0.717, 1.165) is 6.42 Å². The zero-order valence-electron chi connectivity index (χ0n) is 14.7. The predicted octanol–water partition coefficient (Wildman–Crippen LogP) is 3.83. The molecule has 1 unspecified atom stereocenters. The molecule has 0 aliphatic heterocycles. The molecule has 0 saturated carbocycles. The maximum absolute atomic E-state index is 12.4. The van der Waals surface area contributed by atoms with Gasteiger partial charge in [0.25, 0.3) is 5.91 Å². The monoisotopic (exact) mass is 341 g/mol. The fourth-order valence-corrected chi connectivity index (χ4v) is 2.32. The molecule has 0 aromatic heterocycles. The van der Waals surface area contributed by atoms with Crippen LogP contribution in [0, 0.1) is 0 Å².